The SMILES string of the molecule is Nc1ccc(S(=O)(=O)N2CCCC2C(=O)OC(Cc2c(Cl)c[n+]([O-])cc2Cl)c2ccc(OC(F)F)c(OCC3CC3)c2)cc1. The van der Waals surface area contributed by atoms with Gasteiger partial charge in [-0.3, -0.25) is 4.79 Å². The van der Waals surface area contributed by atoms with Crippen LogP contribution in [0.1, 0.15) is 42.9 Å². The van der Waals surface area contributed by atoms with E-state index in [1.54, 1.807) is 0 Å². The minimum Gasteiger partial charge on any atom is -0.619 e. The first-order chi connectivity index (χ1) is 20.9. The van der Waals surface area contributed by atoms with Crippen molar-refractivity contribution in [3.05, 3.63) is 81.2 Å². The molecule has 1 aromatic heterocycles. The summed E-state index contributed by atoms with van der Waals surface area (Å²) in [6, 6.07) is 8.62. The second-order valence-corrected chi connectivity index (χ2v) is 13.3. The fourth-order valence-electron chi connectivity index (χ4n) is 4.92. The zero-order valence-corrected chi connectivity index (χ0v) is 25.5. The number of pyridine rings is 1. The lowest BCUT2D eigenvalue weighted by Gasteiger charge is -2.26. The van der Waals surface area contributed by atoms with Gasteiger partial charge in [-0.1, -0.05) is 29.3 Å². The smallest absolute Gasteiger partial charge is 0.387 e. The Balaban J connectivity index is 1.47. The highest BCUT2D eigenvalue weighted by molar-refractivity contribution is 7.89. The van der Waals surface area contributed by atoms with E-state index in [0.717, 1.165) is 29.5 Å². The molecule has 2 heterocycles. The molecule has 10 nitrogen and oxygen atoms in total. The van der Waals surface area contributed by atoms with Crippen molar-refractivity contribution < 1.29 is 40.9 Å². The van der Waals surface area contributed by atoms with Crippen LogP contribution in [0.25, 0.3) is 0 Å². The fourth-order valence-corrected chi connectivity index (χ4v) is 7.16. The molecule has 2 unspecified atom stereocenters. The Morgan fingerprint density at radius 3 is 2.39 bits per heavy atom. The Bertz CT molecular complexity index is 1600. The molecule has 2 fully saturated rings. The van der Waals surface area contributed by atoms with Crippen molar-refractivity contribution in [1.82, 2.24) is 4.31 Å². The summed E-state index contributed by atoms with van der Waals surface area (Å²) in [5.41, 5.74) is 6.70. The van der Waals surface area contributed by atoms with E-state index in [1.807, 2.05) is 0 Å². The largest absolute Gasteiger partial charge is 0.619 e. The third-order valence-electron chi connectivity index (χ3n) is 7.40. The van der Waals surface area contributed by atoms with Crippen molar-refractivity contribution in [1.29, 1.82) is 0 Å². The van der Waals surface area contributed by atoms with Crippen LogP contribution in [0.3, 0.4) is 0 Å². The summed E-state index contributed by atoms with van der Waals surface area (Å²) in [5, 5.41) is 11.8. The standard InChI is InChI=1S/C29H29Cl2F2N3O7S/c30-22-14-35(38)15-23(31)21(22)13-26(18-5-10-25(43-29(32)33)27(12-18)41-16-17-3-4-17)42-28(37)24-2-1-11-36(24)44(39,40)20-8-6-19(34)7-9-20/h5-10,12,14-15,17,24,26,29H,1-4,11,13,16,34H2. The Labute approximate surface area is 262 Å². The van der Waals surface area contributed by atoms with Crippen molar-refractivity contribution in [2.75, 3.05) is 18.9 Å². The molecule has 1 aliphatic heterocycles. The highest BCUT2D eigenvalue weighted by Crippen LogP contribution is 2.38. The minimum atomic E-state index is -4.07. The summed E-state index contributed by atoms with van der Waals surface area (Å²) in [6.07, 6.45) is 3.44. The third kappa shape index (κ3) is 7.45. The molecule has 2 aliphatic rings. The number of nitrogens with two attached hydrogens (primary N) is 1. The van der Waals surface area contributed by atoms with Gasteiger partial charge < -0.3 is 25.2 Å². The first kappa shape index (κ1) is 32.0. The summed E-state index contributed by atoms with van der Waals surface area (Å²) in [7, 11) is -4.07. The lowest BCUT2D eigenvalue weighted by Crippen LogP contribution is -2.41. The maximum Gasteiger partial charge on any atom is 0.387 e. The van der Waals surface area contributed by atoms with Crippen LogP contribution < -0.4 is 19.9 Å². The Hall–Kier alpha value is -3.39. The Kier molecular flexibility index (Phi) is 9.68. The molecule has 0 radical (unpaired) electrons. The van der Waals surface area contributed by atoms with E-state index in [1.165, 1.54) is 42.5 Å². The van der Waals surface area contributed by atoms with Gasteiger partial charge in [0, 0.05) is 24.2 Å². The fraction of sp³-hybridized carbons (Fsp3) is 0.379. The van der Waals surface area contributed by atoms with Gasteiger partial charge >= 0.3 is 12.6 Å². The number of esters is 1. The third-order valence-corrected chi connectivity index (χ3v) is 9.97. The van der Waals surface area contributed by atoms with Crippen LogP contribution in [0.2, 0.25) is 10.0 Å². The average Bonchev–Trinajstić information content (AvgIpc) is 3.65. The molecule has 0 spiro atoms. The highest BCUT2D eigenvalue weighted by Gasteiger charge is 2.41. The number of carbonyl (C=O) groups excluding carboxylic acids is 1. The number of alkyl halides is 2. The number of hydrogen-bond donors (Lipinski definition) is 1. The zero-order chi connectivity index (χ0) is 31.6. The quantitative estimate of drug-likeness (QED) is 0.119. The lowest BCUT2D eigenvalue weighted by molar-refractivity contribution is -0.605. The molecule has 15 heteroatoms. The van der Waals surface area contributed by atoms with Crippen molar-refractivity contribution in [2.45, 2.75) is 55.8 Å². The van der Waals surface area contributed by atoms with Crippen LogP contribution in [-0.2, 0) is 26.0 Å². The molecule has 3 aromatic rings. The van der Waals surface area contributed by atoms with E-state index in [9.17, 15) is 27.2 Å². The van der Waals surface area contributed by atoms with Crippen molar-refractivity contribution in [3.8, 4) is 11.5 Å². The predicted molar refractivity (Wildman–Crippen MR) is 157 cm³/mol. The number of sulfonamides is 1. The van der Waals surface area contributed by atoms with Gasteiger partial charge in [-0.25, -0.2) is 8.42 Å². The molecule has 0 amide bonds. The summed E-state index contributed by atoms with van der Waals surface area (Å²) in [6.45, 7) is -2.72. The minimum absolute atomic E-state index is 0.00447. The molecule has 2 aromatic carbocycles. The van der Waals surface area contributed by atoms with Gasteiger partial charge in [-0.2, -0.15) is 17.8 Å². The molecule has 2 atom stereocenters. The predicted octanol–water partition coefficient (Wildman–Crippen LogP) is 5.28. The van der Waals surface area contributed by atoms with Gasteiger partial charge in [-0.15, -0.1) is 0 Å². The molecule has 1 saturated heterocycles. The maximum absolute atomic E-state index is 13.7. The first-order valence-electron chi connectivity index (χ1n) is 13.8. The number of carbonyl (C=O) groups is 1. The summed E-state index contributed by atoms with van der Waals surface area (Å²) < 4.78 is 71.1. The van der Waals surface area contributed by atoms with Gasteiger partial charge in [0.25, 0.3) is 0 Å². The molecule has 44 heavy (non-hydrogen) atoms. The Morgan fingerprint density at radius 1 is 1.07 bits per heavy atom. The van der Waals surface area contributed by atoms with Crippen LogP contribution in [-0.4, -0.2) is 44.5 Å². The number of aromatic nitrogens is 1. The van der Waals surface area contributed by atoms with Crippen molar-refractivity contribution in [3.63, 3.8) is 0 Å². The zero-order valence-electron chi connectivity index (χ0n) is 23.2. The van der Waals surface area contributed by atoms with Crippen molar-refractivity contribution in [2.24, 2.45) is 5.92 Å². The van der Waals surface area contributed by atoms with E-state index in [0.29, 0.717) is 28.3 Å². The van der Waals surface area contributed by atoms with Gasteiger partial charge in [0.05, 0.1) is 11.5 Å². The van der Waals surface area contributed by atoms with E-state index in [2.05, 4.69) is 4.74 Å². The molecule has 1 saturated carbocycles. The van der Waals surface area contributed by atoms with E-state index in [4.69, 9.17) is 38.4 Å². The summed E-state index contributed by atoms with van der Waals surface area (Å²) in [5.74, 6) is -0.716. The van der Waals surface area contributed by atoms with Crippen molar-refractivity contribution >= 4 is 44.9 Å². The molecule has 0 bridgehead atoms. The number of ether oxygens (including phenoxy) is 3. The van der Waals surface area contributed by atoms with Gasteiger partial charge in [-0.05, 0) is 73.6 Å². The molecule has 5 rings (SSSR count). The average molecular weight is 673 g/mol. The molecule has 1 aliphatic carbocycles. The number of halogens is 4. The topological polar surface area (TPSA) is 135 Å². The molecular weight excluding hydrogens is 643 g/mol. The monoisotopic (exact) mass is 671 g/mol. The first-order valence-corrected chi connectivity index (χ1v) is 16.0. The molecular formula is C29H29Cl2F2N3O7S. The Morgan fingerprint density at radius 2 is 1.75 bits per heavy atom. The van der Waals surface area contributed by atoms with Gasteiger partial charge in [0.1, 0.15) is 22.2 Å². The van der Waals surface area contributed by atoms with Crippen LogP contribution in [0.5, 0.6) is 11.5 Å². The van der Waals surface area contributed by atoms with Crippen LogP contribution in [0, 0.1) is 11.1 Å². The number of benzene rings is 2. The molecule has 236 valence electrons. The van der Waals surface area contributed by atoms with Crippen LogP contribution in [0.15, 0.2) is 59.8 Å². The number of hydrogen-bond acceptors (Lipinski definition) is 8. The van der Waals surface area contributed by atoms with E-state index < -0.39 is 34.7 Å². The summed E-state index contributed by atoms with van der Waals surface area (Å²) >= 11 is 12.7. The van der Waals surface area contributed by atoms with Gasteiger partial charge in [0.2, 0.25) is 10.0 Å². The second kappa shape index (κ2) is 13.3. The number of nitrogen functional groups attached to an aromatic ring is 1. The highest BCUT2D eigenvalue weighted by atomic mass is 35.5. The summed E-state index contributed by atoms with van der Waals surface area (Å²) in [4.78, 5) is 13.7. The van der Waals surface area contributed by atoms with Gasteiger partial charge in [0.15, 0.2) is 23.9 Å². The normalized spacial score (nSPS) is 17.9. The second-order valence-electron chi connectivity index (χ2n) is 10.6. The number of anilines is 1. The van der Waals surface area contributed by atoms with Crippen LogP contribution >= 0.6 is 23.2 Å². The van der Waals surface area contributed by atoms with E-state index in [-0.39, 0.29) is 58.0 Å². The van der Waals surface area contributed by atoms with E-state index >= 15 is 0 Å². The number of rotatable bonds is 12. The van der Waals surface area contributed by atoms with Crippen LogP contribution in [0.4, 0.5) is 14.5 Å². The maximum atomic E-state index is 13.7. The number of nitrogens with zero attached hydrogens (tertiary/aromatic N) is 2. The lowest BCUT2D eigenvalue weighted by atomic mass is 10.0. The molecule has 2 N–H and O–H groups in total.